The van der Waals surface area contributed by atoms with Gasteiger partial charge in [-0.15, -0.1) is 0 Å². The molecular weight excluding hydrogens is 374 g/mol. The fourth-order valence-electron chi connectivity index (χ4n) is 2.88. The summed E-state index contributed by atoms with van der Waals surface area (Å²) in [4.78, 5) is 16.8. The number of likely N-dealkylation sites (N-methyl/N-ethyl adjacent to an activating group) is 1. The normalized spacial score (nSPS) is 15.8. The maximum Gasteiger partial charge on any atom is 0.255 e. The first-order chi connectivity index (χ1) is 12.1. The molecule has 1 aliphatic heterocycles. The Balaban J connectivity index is 2.19. The Morgan fingerprint density at radius 2 is 1.85 bits per heavy atom. The average Bonchev–Trinajstić information content (AvgIpc) is 3.11. The van der Waals surface area contributed by atoms with Gasteiger partial charge in [0.25, 0.3) is 5.91 Å². The topological polar surface area (TPSA) is 60.9 Å². The van der Waals surface area contributed by atoms with Crippen molar-refractivity contribution in [2.24, 2.45) is 0 Å². The second-order valence-corrected chi connectivity index (χ2v) is 9.44. The van der Waals surface area contributed by atoms with E-state index in [1.807, 2.05) is 0 Å². The third-order valence-corrected chi connectivity index (χ3v) is 7.23. The molecule has 0 unspecified atom stereocenters. The zero-order valence-electron chi connectivity index (χ0n) is 15.9. The SMILES string of the molecule is CC(C)N(C)S(=O)(=O)c1ccc(Cl)c(C(=O)N(C)CCN2CCCC2)c1. The molecule has 0 spiro atoms. The third-order valence-electron chi connectivity index (χ3n) is 4.87. The van der Waals surface area contributed by atoms with Crippen molar-refractivity contribution in [3.8, 4) is 0 Å². The van der Waals surface area contributed by atoms with Gasteiger partial charge in [-0.05, 0) is 58.0 Å². The van der Waals surface area contributed by atoms with E-state index < -0.39 is 10.0 Å². The van der Waals surface area contributed by atoms with Gasteiger partial charge in [0.2, 0.25) is 10.0 Å². The first-order valence-corrected chi connectivity index (χ1v) is 10.7. The largest absolute Gasteiger partial charge is 0.340 e. The van der Waals surface area contributed by atoms with Crippen LogP contribution in [-0.2, 0) is 10.0 Å². The summed E-state index contributed by atoms with van der Waals surface area (Å²) in [7, 11) is -0.422. The molecule has 1 fully saturated rings. The Morgan fingerprint density at radius 3 is 2.42 bits per heavy atom. The van der Waals surface area contributed by atoms with E-state index >= 15 is 0 Å². The van der Waals surface area contributed by atoms with Crippen LogP contribution < -0.4 is 0 Å². The lowest BCUT2D eigenvalue weighted by Gasteiger charge is -2.23. The lowest BCUT2D eigenvalue weighted by atomic mass is 10.2. The summed E-state index contributed by atoms with van der Waals surface area (Å²) in [5.41, 5.74) is 0.216. The highest BCUT2D eigenvalue weighted by atomic mass is 35.5. The molecule has 0 saturated carbocycles. The van der Waals surface area contributed by atoms with Gasteiger partial charge in [0.05, 0.1) is 15.5 Å². The number of sulfonamides is 1. The Morgan fingerprint density at radius 1 is 1.23 bits per heavy atom. The molecule has 0 radical (unpaired) electrons. The summed E-state index contributed by atoms with van der Waals surface area (Å²) in [5.74, 6) is -0.265. The molecule has 0 atom stereocenters. The van der Waals surface area contributed by atoms with Crippen LogP contribution in [0.2, 0.25) is 5.02 Å². The number of hydrogen-bond donors (Lipinski definition) is 0. The van der Waals surface area contributed by atoms with Crippen LogP contribution in [0, 0.1) is 0 Å². The number of amides is 1. The Kier molecular flexibility index (Phi) is 7.07. The van der Waals surface area contributed by atoms with Crippen molar-refractivity contribution >= 4 is 27.5 Å². The van der Waals surface area contributed by atoms with E-state index in [0.717, 1.165) is 19.6 Å². The van der Waals surface area contributed by atoms with Crippen LogP contribution in [0.4, 0.5) is 0 Å². The number of carbonyl (C=O) groups excluding carboxylic acids is 1. The minimum absolute atomic E-state index is 0.0781. The summed E-state index contributed by atoms with van der Waals surface area (Å²) in [5, 5.41) is 0.258. The molecule has 1 aromatic carbocycles. The fraction of sp³-hybridized carbons (Fsp3) is 0.611. The Labute approximate surface area is 161 Å². The number of rotatable bonds is 7. The number of benzene rings is 1. The van der Waals surface area contributed by atoms with Gasteiger partial charge < -0.3 is 9.80 Å². The molecule has 146 valence electrons. The molecular formula is C18H28ClN3O3S. The van der Waals surface area contributed by atoms with Crippen molar-refractivity contribution in [2.75, 3.05) is 40.3 Å². The molecule has 1 heterocycles. The first-order valence-electron chi connectivity index (χ1n) is 8.90. The Bertz CT molecular complexity index is 746. The van der Waals surface area contributed by atoms with Gasteiger partial charge in [-0.1, -0.05) is 11.6 Å². The van der Waals surface area contributed by atoms with Gasteiger partial charge in [-0.2, -0.15) is 4.31 Å². The second-order valence-electron chi connectivity index (χ2n) is 7.03. The summed E-state index contributed by atoms with van der Waals surface area (Å²) >= 11 is 6.19. The first kappa shape index (κ1) is 21.2. The lowest BCUT2D eigenvalue weighted by Crippen LogP contribution is -2.36. The number of carbonyl (C=O) groups is 1. The van der Waals surface area contributed by atoms with Crippen molar-refractivity contribution in [1.82, 2.24) is 14.1 Å². The van der Waals surface area contributed by atoms with Crippen LogP contribution in [0.1, 0.15) is 37.0 Å². The standard InChI is InChI=1S/C18H28ClN3O3S/c1-14(2)21(4)26(24,25)15-7-8-17(19)16(13-15)18(23)20(3)11-12-22-9-5-6-10-22/h7-8,13-14H,5-6,9-12H2,1-4H3. The molecule has 6 nitrogen and oxygen atoms in total. The summed E-state index contributed by atoms with van der Waals surface area (Å²) in [6, 6.07) is 4.12. The number of halogens is 1. The second kappa shape index (κ2) is 8.69. The molecule has 0 N–H and O–H groups in total. The van der Waals surface area contributed by atoms with E-state index in [0.29, 0.717) is 6.54 Å². The number of nitrogens with zero attached hydrogens (tertiary/aromatic N) is 3. The molecule has 0 aliphatic carbocycles. The molecule has 0 aromatic heterocycles. The Hall–Kier alpha value is -1.15. The van der Waals surface area contributed by atoms with Gasteiger partial charge in [-0.3, -0.25) is 4.79 Å². The molecule has 1 aromatic rings. The van der Waals surface area contributed by atoms with E-state index in [1.54, 1.807) is 25.8 Å². The van der Waals surface area contributed by atoms with Crippen LogP contribution in [-0.4, -0.2) is 74.7 Å². The van der Waals surface area contributed by atoms with Gasteiger partial charge >= 0.3 is 0 Å². The highest BCUT2D eigenvalue weighted by molar-refractivity contribution is 7.89. The molecule has 26 heavy (non-hydrogen) atoms. The molecule has 2 rings (SSSR count). The fourth-order valence-corrected chi connectivity index (χ4v) is 4.47. The van der Waals surface area contributed by atoms with Crippen LogP contribution >= 0.6 is 11.6 Å². The summed E-state index contributed by atoms with van der Waals surface area (Å²) < 4.78 is 26.6. The molecule has 1 saturated heterocycles. The zero-order valence-corrected chi connectivity index (χ0v) is 17.5. The maximum absolute atomic E-state index is 12.8. The van der Waals surface area contributed by atoms with Crippen molar-refractivity contribution in [2.45, 2.75) is 37.6 Å². The van der Waals surface area contributed by atoms with Crippen molar-refractivity contribution in [3.63, 3.8) is 0 Å². The van der Waals surface area contributed by atoms with Crippen LogP contribution in [0.15, 0.2) is 23.1 Å². The van der Waals surface area contributed by atoms with E-state index in [4.69, 9.17) is 11.6 Å². The zero-order chi connectivity index (χ0) is 19.5. The van der Waals surface area contributed by atoms with Crippen LogP contribution in [0.25, 0.3) is 0 Å². The molecule has 1 amide bonds. The maximum atomic E-state index is 12.8. The van der Waals surface area contributed by atoms with Gasteiger partial charge in [0.15, 0.2) is 0 Å². The highest BCUT2D eigenvalue weighted by Crippen LogP contribution is 2.24. The monoisotopic (exact) mass is 401 g/mol. The van der Waals surface area contributed by atoms with Crippen molar-refractivity contribution < 1.29 is 13.2 Å². The average molecular weight is 402 g/mol. The summed E-state index contributed by atoms with van der Waals surface area (Å²) in [6.07, 6.45) is 2.40. The smallest absolute Gasteiger partial charge is 0.255 e. The predicted molar refractivity (Wildman–Crippen MR) is 104 cm³/mol. The van der Waals surface area contributed by atoms with E-state index in [-0.39, 0.29) is 27.4 Å². The highest BCUT2D eigenvalue weighted by Gasteiger charge is 2.26. The summed E-state index contributed by atoms with van der Waals surface area (Å²) in [6.45, 7) is 7.12. The van der Waals surface area contributed by atoms with Crippen LogP contribution in [0.3, 0.4) is 0 Å². The molecule has 8 heteroatoms. The quantitative estimate of drug-likeness (QED) is 0.704. The number of hydrogen-bond acceptors (Lipinski definition) is 4. The predicted octanol–water partition coefficient (Wildman–Crippen LogP) is 2.54. The van der Waals surface area contributed by atoms with E-state index in [1.165, 1.54) is 42.4 Å². The van der Waals surface area contributed by atoms with Crippen LogP contribution in [0.5, 0.6) is 0 Å². The van der Waals surface area contributed by atoms with E-state index in [9.17, 15) is 13.2 Å². The van der Waals surface area contributed by atoms with E-state index in [2.05, 4.69) is 4.90 Å². The van der Waals surface area contributed by atoms with Crippen molar-refractivity contribution in [3.05, 3.63) is 28.8 Å². The van der Waals surface area contributed by atoms with Gasteiger partial charge in [0, 0.05) is 33.2 Å². The minimum Gasteiger partial charge on any atom is -0.340 e. The van der Waals surface area contributed by atoms with Gasteiger partial charge in [-0.25, -0.2) is 8.42 Å². The minimum atomic E-state index is -3.67. The molecule has 0 bridgehead atoms. The molecule has 1 aliphatic rings. The van der Waals surface area contributed by atoms with Gasteiger partial charge in [0.1, 0.15) is 0 Å². The number of likely N-dealkylation sites (tertiary alicyclic amines) is 1. The lowest BCUT2D eigenvalue weighted by molar-refractivity contribution is 0.0782. The third kappa shape index (κ3) is 4.76. The van der Waals surface area contributed by atoms with Crippen molar-refractivity contribution in [1.29, 1.82) is 0 Å².